The van der Waals surface area contributed by atoms with E-state index >= 15 is 0 Å². The van der Waals surface area contributed by atoms with Gasteiger partial charge in [0, 0.05) is 12.0 Å². The van der Waals surface area contributed by atoms with Gasteiger partial charge < -0.3 is 24.3 Å². The first-order chi connectivity index (χ1) is 15.2. The molecular formula is C23H27Cl2NO6. The maximum atomic E-state index is 11.6. The fraction of sp³-hybridized carbons (Fsp3) is 0.391. The summed E-state index contributed by atoms with van der Waals surface area (Å²) in [5, 5.41) is 2.99. The van der Waals surface area contributed by atoms with E-state index in [4.69, 9.17) is 42.1 Å². The molecule has 9 heteroatoms. The average Bonchev–Trinajstić information content (AvgIpc) is 2.75. The van der Waals surface area contributed by atoms with E-state index in [1.807, 2.05) is 12.1 Å². The van der Waals surface area contributed by atoms with Crippen molar-refractivity contribution in [3.8, 4) is 17.2 Å². The normalized spacial score (nSPS) is 10.6. The lowest BCUT2D eigenvalue weighted by Crippen LogP contribution is -2.31. The largest absolute Gasteiger partial charge is 0.496 e. The Kier molecular flexibility index (Phi) is 9.94. The Hall–Kier alpha value is -2.64. The van der Waals surface area contributed by atoms with E-state index in [1.54, 1.807) is 32.2 Å². The molecule has 0 heterocycles. The summed E-state index contributed by atoms with van der Waals surface area (Å²) in [4.78, 5) is 22.9. The molecule has 174 valence electrons. The molecule has 0 radical (unpaired) electrons. The van der Waals surface area contributed by atoms with Crippen LogP contribution in [0.5, 0.6) is 17.2 Å². The molecule has 2 aromatic rings. The number of nitrogens with one attached hydrogen (secondary N) is 1. The molecule has 2 aromatic carbocycles. The highest BCUT2D eigenvalue weighted by atomic mass is 35.5. The Balaban J connectivity index is 1.98. The molecule has 2 rings (SSSR count). The van der Waals surface area contributed by atoms with Gasteiger partial charge in [-0.2, -0.15) is 0 Å². The zero-order chi connectivity index (χ0) is 23.7. The summed E-state index contributed by atoms with van der Waals surface area (Å²) < 4.78 is 21.1. The van der Waals surface area contributed by atoms with Crippen molar-refractivity contribution in [2.24, 2.45) is 0 Å². The van der Waals surface area contributed by atoms with E-state index in [9.17, 15) is 9.59 Å². The molecule has 0 unspecified atom stereocenters. The summed E-state index contributed by atoms with van der Waals surface area (Å²) in [7, 11) is 1.63. The zero-order valence-corrected chi connectivity index (χ0v) is 20.0. The van der Waals surface area contributed by atoms with Crippen molar-refractivity contribution in [2.45, 2.75) is 33.1 Å². The van der Waals surface area contributed by atoms with Gasteiger partial charge in [-0.15, -0.1) is 0 Å². The number of benzene rings is 2. The summed E-state index contributed by atoms with van der Waals surface area (Å²) in [5.41, 5.74) is 1.77. The molecule has 0 saturated heterocycles. The lowest BCUT2D eigenvalue weighted by atomic mass is 10.0. The molecule has 0 aliphatic carbocycles. The number of esters is 1. The van der Waals surface area contributed by atoms with Crippen LogP contribution in [0.4, 0.5) is 4.79 Å². The number of rotatable bonds is 10. The van der Waals surface area contributed by atoms with E-state index < -0.39 is 12.1 Å². The van der Waals surface area contributed by atoms with Crippen molar-refractivity contribution in [3.05, 3.63) is 51.5 Å². The Morgan fingerprint density at radius 2 is 1.75 bits per heavy atom. The van der Waals surface area contributed by atoms with Gasteiger partial charge in [0.2, 0.25) is 0 Å². The molecule has 0 fully saturated rings. The molecule has 0 atom stereocenters. The van der Waals surface area contributed by atoms with Gasteiger partial charge in [0.1, 0.15) is 18.0 Å². The Morgan fingerprint density at radius 3 is 2.34 bits per heavy atom. The van der Waals surface area contributed by atoms with Gasteiger partial charge in [-0.3, -0.25) is 4.79 Å². The van der Waals surface area contributed by atoms with Crippen LogP contribution < -0.4 is 14.8 Å². The number of ether oxygens (including phenoxy) is 4. The van der Waals surface area contributed by atoms with E-state index in [0.717, 1.165) is 16.9 Å². The Morgan fingerprint density at radius 1 is 1.06 bits per heavy atom. The van der Waals surface area contributed by atoms with Gasteiger partial charge in [0.25, 0.3) is 0 Å². The SMILES string of the molecule is CCOC(=O)CNC(=O)OCCc1cc(Cl)c(Oc2ccc(OC)c(C(C)C)c2)c(Cl)c1. The topological polar surface area (TPSA) is 83.1 Å². The van der Waals surface area contributed by atoms with Crippen LogP contribution in [0.1, 0.15) is 37.8 Å². The Bertz CT molecular complexity index is 925. The second kappa shape index (κ2) is 12.4. The third-order valence-corrected chi connectivity index (χ3v) is 4.97. The minimum atomic E-state index is -0.712. The predicted molar refractivity (Wildman–Crippen MR) is 123 cm³/mol. The third-order valence-electron chi connectivity index (χ3n) is 4.41. The number of hydrogen-bond donors (Lipinski definition) is 1. The monoisotopic (exact) mass is 483 g/mol. The summed E-state index contributed by atoms with van der Waals surface area (Å²) >= 11 is 12.8. The van der Waals surface area contributed by atoms with Crippen LogP contribution in [-0.2, 0) is 20.7 Å². The van der Waals surface area contributed by atoms with Crippen molar-refractivity contribution in [3.63, 3.8) is 0 Å². The van der Waals surface area contributed by atoms with Crippen molar-refractivity contribution < 1.29 is 28.5 Å². The lowest BCUT2D eigenvalue weighted by Gasteiger charge is -2.16. The first-order valence-corrected chi connectivity index (χ1v) is 10.9. The smallest absolute Gasteiger partial charge is 0.407 e. The second-order valence-electron chi connectivity index (χ2n) is 7.09. The minimum Gasteiger partial charge on any atom is -0.496 e. The summed E-state index contributed by atoms with van der Waals surface area (Å²) in [6.07, 6.45) is -0.331. The molecule has 0 aliphatic heterocycles. The van der Waals surface area contributed by atoms with Crippen molar-refractivity contribution in [1.29, 1.82) is 0 Å². The molecule has 0 saturated carbocycles. The summed E-state index contributed by atoms with van der Waals surface area (Å²) in [6, 6.07) is 8.93. The number of carbonyl (C=O) groups is 2. The fourth-order valence-electron chi connectivity index (χ4n) is 2.87. The van der Waals surface area contributed by atoms with Crippen LogP contribution in [-0.4, -0.2) is 38.9 Å². The molecule has 0 bridgehead atoms. The van der Waals surface area contributed by atoms with Crippen LogP contribution in [0.2, 0.25) is 10.0 Å². The third kappa shape index (κ3) is 7.50. The van der Waals surface area contributed by atoms with E-state index in [-0.39, 0.29) is 25.7 Å². The number of alkyl carbamates (subject to hydrolysis) is 1. The van der Waals surface area contributed by atoms with Crippen LogP contribution in [0.3, 0.4) is 0 Å². The van der Waals surface area contributed by atoms with Gasteiger partial charge in [-0.1, -0.05) is 37.0 Å². The average molecular weight is 484 g/mol. The van der Waals surface area contributed by atoms with Crippen molar-refractivity contribution in [1.82, 2.24) is 5.32 Å². The number of methoxy groups -OCH3 is 1. The molecule has 0 spiro atoms. The molecule has 1 amide bonds. The van der Waals surface area contributed by atoms with E-state index in [0.29, 0.717) is 28.0 Å². The maximum absolute atomic E-state index is 11.6. The van der Waals surface area contributed by atoms with E-state index in [2.05, 4.69) is 19.2 Å². The highest BCUT2D eigenvalue weighted by Gasteiger charge is 2.14. The first kappa shape index (κ1) is 25.6. The molecule has 7 nitrogen and oxygen atoms in total. The maximum Gasteiger partial charge on any atom is 0.407 e. The second-order valence-corrected chi connectivity index (χ2v) is 7.91. The van der Waals surface area contributed by atoms with Crippen LogP contribution in [0.15, 0.2) is 30.3 Å². The Labute approximate surface area is 197 Å². The number of hydrogen-bond acceptors (Lipinski definition) is 6. The molecule has 0 aliphatic rings. The lowest BCUT2D eigenvalue weighted by molar-refractivity contribution is -0.141. The minimum absolute atomic E-state index is 0.0811. The number of amides is 1. The van der Waals surface area contributed by atoms with Crippen molar-refractivity contribution in [2.75, 3.05) is 26.9 Å². The predicted octanol–water partition coefficient (Wildman–Crippen LogP) is 5.75. The van der Waals surface area contributed by atoms with Crippen LogP contribution in [0, 0.1) is 0 Å². The quantitative estimate of drug-likeness (QED) is 0.433. The molecule has 1 N–H and O–H groups in total. The summed E-state index contributed by atoms with van der Waals surface area (Å²) in [6.45, 7) is 5.89. The van der Waals surface area contributed by atoms with Gasteiger partial charge in [0.15, 0.2) is 5.75 Å². The van der Waals surface area contributed by atoms with Gasteiger partial charge >= 0.3 is 12.1 Å². The van der Waals surface area contributed by atoms with Gasteiger partial charge in [-0.25, -0.2) is 4.79 Å². The van der Waals surface area contributed by atoms with Gasteiger partial charge in [0.05, 0.1) is 30.4 Å². The molecule has 32 heavy (non-hydrogen) atoms. The number of halogens is 2. The first-order valence-electron chi connectivity index (χ1n) is 10.1. The van der Waals surface area contributed by atoms with Crippen LogP contribution >= 0.6 is 23.2 Å². The van der Waals surface area contributed by atoms with Gasteiger partial charge in [-0.05, 0) is 48.7 Å². The highest BCUT2D eigenvalue weighted by Crippen LogP contribution is 2.39. The van der Waals surface area contributed by atoms with Crippen molar-refractivity contribution >= 4 is 35.3 Å². The fourth-order valence-corrected chi connectivity index (χ4v) is 3.48. The van der Waals surface area contributed by atoms with E-state index in [1.165, 1.54) is 0 Å². The molecule has 0 aromatic heterocycles. The standard InChI is InChI=1S/C23H27Cl2NO6/c1-5-30-21(27)13-26-23(28)31-9-8-15-10-18(24)22(19(25)11-15)32-16-6-7-20(29-4)17(12-16)14(2)3/h6-7,10-12,14H,5,8-9,13H2,1-4H3,(H,26,28). The molecular weight excluding hydrogens is 457 g/mol. The highest BCUT2D eigenvalue weighted by molar-refractivity contribution is 6.37. The van der Waals surface area contributed by atoms with Crippen LogP contribution in [0.25, 0.3) is 0 Å². The zero-order valence-electron chi connectivity index (χ0n) is 18.5. The number of carbonyl (C=O) groups excluding carboxylic acids is 2. The summed E-state index contributed by atoms with van der Waals surface area (Å²) in [5.74, 6) is 1.43.